The summed E-state index contributed by atoms with van der Waals surface area (Å²) in [6.45, 7) is 4.24. The lowest BCUT2D eigenvalue weighted by Gasteiger charge is -2.15. The molecule has 4 nitrogen and oxygen atoms in total. The molecule has 1 aromatic heterocycles. The van der Waals surface area contributed by atoms with Gasteiger partial charge in [-0.25, -0.2) is 0 Å². The van der Waals surface area contributed by atoms with Crippen LogP contribution >= 0.6 is 22.9 Å². The Labute approximate surface area is 160 Å². The molecule has 0 atom stereocenters. The summed E-state index contributed by atoms with van der Waals surface area (Å²) < 4.78 is 1.01. The first-order valence-electron chi connectivity index (χ1n) is 8.35. The van der Waals surface area contributed by atoms with E-state index in [0.717, 1.165) is 33.3 Å². The Bertz CT molecular complexity index is 1060. The van der Waals surface area contributed by atoms with Gasteiger partial charge < -0.3 is 10.2 Å². The van der Waals surface area contributed by atoms with Crippen LogP contribution in [0.3, 0.4) is 0 Å². The molecule has 2 amide bonds. The number of halogens is 1. The number of nitrogens with one attached hydrogen (secondary N) is 1. The van der Waals surface area contributed by atoms with Gasteiger partial charge in [-0.3, -0.25) is 9.59 Å². The first kappa shape index (κ1) is 17.1. The topological polar surface area (TPSA) is 49.4 Å². The fraction of sp³-hybridized carbons (Fsp3) is 0.200. The smallest absolute Gasteiger partial charge is 0.267 e. The number of amides is 2. The standard InChI is InChI=1S/C20H17ClN2O2S/c1-11-4-3-5-16-17(11)18(21)19(26-16)20(25)22-14-6-7-15-13(10-14)8-9-23(15)12(2)24/h3-7,10H,8-9H2,1-2H3,(H,22,25). The van der Waals surface area contributed by atoms with Gasteiger partial charge in [0.05, 0.1) is 5.02 Å². The number of anilines is 2. The predicted molar refractivity (Wildman–Crippen MR) is 108 cm³/mol. The number of carbonyl (C=O) groups is 2. The number of carbonyl (C=O) groups excluding carboxylic acids is 2. The molecule has 6 heteroatoms. The Morgan fingerprint density at radius 3 is 2.77 bits per heavy atom. The zero-order valence-corrected chi connectivity index (χ0v) is 16.0. The minimum absolute atomic E-state index is 0.0352. The van der Waals surface area contributed by atoms with Crippen molar-refractivity contribution in [1.29, 1.82) is 0 Å². The third-order valence-corrected chi connectivity index (χ3v) is 6.33. The molecule has 1 aliphatic heterocycles. The molecule has 2 aromatic carbocycles. The van der Waals surface area contributed by atoms with Crippen LogP contribution in [-0.4, -0.2) is 18.4 Å². The number of nitrogens with zero attached hydrogens (tertiary/aromatic N) is 1. The van der Waals surface area contributed by atoms with Crippen molar-refractivity contribution >= 4 is 56.2 Å². The van der Waals surface area contributed by atoms with Crippen LogP contribution in [0.25, 0.3) is 10.1 Å². The molecule has 1 aliphatic rings. The summed E-state index contributed by atoms with van der Waals surface area (Å²) in [6.07, 6.45) is 0.793. The average molecular weight is 385 g/mol. The number of fused-ring (bicyclic) bond motifs is 2. The van der Waals surface area contributed by atoms with Gasteiger partial charge in [-0.2, -0.15) is 0 Å². The normalized spacial score (nSPS) is 13.1. The average Bonchev–Trinajstić information content (AvgIpc) is 3.16. The fourth-order valence-electron chi connectivity index (χ4n) is 3.42. The highest BCUT2D eigenvalue weighted by Crippen LogP contribution is 2.38. The lowest BCUT2D eigenvalue weighted by Crippen LogP contribution is -2.25. The van der Waals surface area contributed by atoms with Gasteiger partial charge in [0.15, 0.2) is 0 Å². The van der Waals surface area contributed by atoms with Gasteiger partial charge in [-0.05, 0) is 48.7 Å². The molecule has 2 heterocycles. The van der Waals surface area contributed by atoms with Crippen molar-refractivity contribution in [2.45, 2.75) is 20.3 Å². The summed E-state index contributed by atoms with van der Waals surface area (Å²) in [6, 6.07) is 11.6. The van der Waals surface area contributed by atoms with Crippen LogP contribution < -0.4 is 10.2 Å². The lowest BCUT2D eigenvalue weighted by molar-refractivity contribution is -0.116. The van der Waals surface area contributed by atoms with E-state index in [1.165, 1.54) is 11.3 Å². The first-order chi connectivity index (χ1) is 12.5. The largest absolute Gasteiger partial charge is 0.321 e. The van der Waals surface area contributed by atoms with E-state index in [4.69, 9.17) is 11.6 Å². The van der Waals surface area contributed by atoms with Gasteiger partial charge in [0.25, 0.3) is 5.91 Å². The van der Waals surface area contributed by atoms with Gasteiger partial charge in [0.2, 0.25) is 5.91 Å². The van der Waals surface area contributed by atoms with E-state index in [9.17, 15) is 9.59 Å². The van der Waals surface area contributed by atoms with E-state index in [1.807, 2.05) is 43.3 Å². The van der Waals surface area contributed by atoms with E-state index in [2.05, 4.69) is 5.32 Å². The van der Waals surface area contributed by atoms with Crippen LogP contribution in [0.4, 0.5) is 11.4 Å². The van der Waals surface area contributed by atoms with Gasteiger partial charge in [0.1, 0.15) is 4.88 Å². The van der Waals surface area contributed by atoms with Crippen molar-refractivity contribution in [2.24, 2.45) is 0 Å². The molecular formula is C20H17ClN2O2S. The summed E-state index contributed by atoms with van der Waals surface area (Å²) in [5.41, 5.74) is 3.76. The number of rotatable bonds is 2. The molecule has 3 aromatic rings. The van der Waals surface area contributed by atoms with Crippen molar-refractivity contribution in [1.82, 2.24) is 0 Å². The molecular weight excluding hydrogens is 368 g/mol. The second-order valence-electron chi connectivity index (χ2n) is 6.41. The maximum absolute atomic E-state index is 12.7. The van der Waals surface area contributed by atoms with Crippen LogP contribution in [0.2, 0.25) is 5.02 Å². The van der Waals surface area contributed by atoms with Crippen LogP contribution in [0.15, 0.2) is 36.4 Å². The third kappa shape index (κ3) is 2.77. The summed E-state index contributed by atoms with van der Waals surface area (Å²) >= 11 is 7.87. The Hall–Kier alpha value is -2.37. The SMILES string of the molecule is CC(=O)N1CCc2cc(NC(=O)c3sc4cccc(C)c4c3Cl)ccc21. The van der Waals surface area contributed by atoms with Gasteiger partial charge in [0, 0.05) is 34.9 Å². The Morgan fingerprint density at radius 2 is 2.04 bits per heavy atom. The number of benzene rings is 2. The van der Waals surface area contributed by atoms with Crippen molar-refractivity contribution < 1.29 is 9.59 Å². The molecule has 132 valence electrons. The van der Waals surface area contributed by atoms with E-state index >= 15 is 0 Å². The monoisotopic (exact) mass is 384 g/mol. The molecule has 26 heavy (non-hydrogen) atoms. The highest BCUT2D eigenvalue weighted by atomic mass is 35.5. The van der Waals surface area contributed by atoms with E-state index < -0.39 is 0 Å². The van der Waals surface area contributed by atoms with Crippen LogP contribution in [0.5, 0.6) is 0 Å². The summed E-state index contributed by atoms with van der Waals surface area (Å²) in [4.78, 5) is 26.7. The molecule has 0 saturated heterocycles. The zero-order valence-electron chi connectivity index (χ0n) is 14.4. The maximum atomic E-state index is 12.7. The van der Waals surface area contributed by atoms with E-state index in [1.54, 1.807) is 11.8 Å². The second-order valence-corrected chi connectivity index (χ2v) is 7.84. The van der Waals surface area contributed by atoms with Gasteiger partial charge in [-0.15, -0.1) is 11.3 Å². The third-order valence-electron chi connectivity index (χ3n) is 4.68. The quantitative estimate of drug-likeness (QED) is 0.674. The first-order valence-corrected chi connectivity index (χ1v) is 9.55. The highest BCUT2D eigenvalue weighted by molar-refractivity contribution is 7.21. The van der Waals surface area contributed by atoms with Crippen LogP contribution in [-0.2, 0) is 11.2 Å². The molecule has 1 N–H and O–H groups in total. The number of aryl methyl sites for hydroxylation is 1. The molecule has 4 rings (SSSR count). The van der Waals surface area contributed by atoms with Crippen LogP contribution in [0, 0.1) is 6.92 Å². The van der Waals surface area contributed by atoms with Crippen molar-refractivity contribution in [3.63, 3.8) is 0 Å². The van der Waals surface area contributed by atoms with Gasteiger partial charge >= 0.3 is 0 Å². The van der Waals surface area contributed by atoms with E-state index in [0.29, 0.717) is 22.1 Å². The number of hydrogen-bond acceptors (Lipinski definition) is 3. The highest BCUT2D eigenvalue weighted by Gasteiger charge is 2.23. The zero-order chi connectivity index (χ0) is 18.4. The van der Waals surface area contributed by atoms with E-state index in [-0.39, 0.29) is 11.8 Å². The molecule has 0 radical (unpaired) electrons. The molecule has 0 spiro atoms. The maximum Gasteiger partial charge on any atom is 0.267 e. The molecule has 0 saturated carbocycles. The summed E-state index contributed by atoms with van der Waals surface area (Å²) in [5.74, 6) is -0.176. The number of hydrogen-bond donors (Lipinski definition) is 1. The molecule has 0 aliphatic carbocycles. The number of thiophene rings is 1. The predicted octanol–water partition coefficient (Wildman–Crippen LogP) is 5.02. The summed E-state index contributed by atoms with van der Waals surface area (Å²) in [7, 11) is 0. The molecule has 0 bridgehead atoms. The minimum Gasteiger partial charge on any atom is -0.321 e. The van der Waals surface area contributed by atoms with Crippen molar-refractivity contribution in [3.05, 3.63) is 57.4 Å². The fourth-order valence-corrected chi connectivity index (χ4v) is 4.99. The Kier molecular flexibility index (Phi) is 4.21. The Balaban J connectivity index is 1.63. The molecule has 0 fully saturated rings. The van der Waals surface area contributed by atoms with Gasteiger partial charge in [-0.1, -0.05) is 23.7 Å². The van der Waals surface area contributed by atoms with Crippen LogP contribution in [0.1, 0.15) is 27.7 Å². The Morgan fingerprint density at radius 1 is 1.23 bits per heavy atom. The summed E-state index contributed by atoms with van der Waals surface area (Å²) in [5, 5.41) is 4.38. The minimum atomic E-state index is -0.211. The van der Waals surface area contributed by atoms with Crippen molar-refractivity contribution in [2.75, 3.05) is 16.8 Å². The van der Waals surface area contributed by atoms with Crippen molar-refractivity contribution in [3.8, 4) is 0 Å². The molecule has 0 unspecified atom stereocenters. The second kappa shape index (κ2) is 6.41. The lowest BCUT2D eigenvalue weighted by atomic mass is 10.1.